The number of nitrogens with one attached hydrogen (secondary N) is 1. The monoisotopic (exact) mass is 282 g/mol. The standard InChI is InChI=1S/C13H15ClN2O3/c1-19-11-5-4-9(7-10(11)14)15-12(17)8-16-6-2-3-13(16)18/h4-5,7H,2-3,6,8H2,1H3,(H,15,17). The highest BCUT2D eigenvalue weighted by Crippen LogP contribution is 2.27. The minimum atomic E-state index is -0.225. The van der Waals surface area contributed by atoms with E-state index in [1.807, 2.05) is 0 Å². The quantitative estimate of drug-likeness (QED) is 0.918. The van der Waals surface area contributed by atoms with E-state index in [2.05, 4.69) is 5.32 Å². The predicted octanol–water partition coefficient (Wildman–Crippen LogP) is 1.91. The van der Waals surface area contributed by atoms with Gasteiger partial charge in [0.25, 0.3) is 0 Å². The summed E-state index contributed by atoms with van der Waals surface area (Å²) < 4.78 is 5.03. The van der Waals surface area contributed by atoms with Crippen molar-refractivity contribution >= 4 is 29.1 Å². The molecule has 5 nitrogen and oxygen atoms in total. The Morgan fingerprint density at radius 3 is 2.89 bits per heavy atom. The molecular formula is C13H15ClN2O3. The molecule has 1 aliphatic rings. The molecule has 0 spiro atoms. The number of likely N-dealkylation sites (tertiary alicyclic amines) is 1. The smallest absolute Gasteiger partial charge is 0.243 e. The molecule has 19 heavy (non-hydrogen) atoms. The molecule has 1 heterocycles. The zero-order chi connectivity index (χ0) is 13.8. The van der Waals surface area contributed by atoms with Crippen LogP contribution in [-0.2, 0) is 9.59 Å². The topological polar surface area (TPSA) is 58.6 Å². The van der Waals surface area contributed by atoms with Gasteiger partial charge in [-0.1, -0.05) is 11.6 Å². The first-order valence-electron chi connectivity index (χ1n) is 6.01. The number of methoxy groups -OCH3 is 1. The fourth-order valence-electron chi connectivity index (χ4n) is 1.99. The summed E-state index contributed by atoms with van der Waals surface area (Å²) in [6.07, 6.45) is 1.35. The third-order valence-electron chi connectivity index (χ3n) is 2.94. The molecule has 2 rings (SSSR count). The lowest BCUT2D eigenvalue weighted by Gasteiger charge is -2.15. The third kappa shape index (κ3) is 3.38. The van der Waals surface area contributed by atoms with Crippen molar-refractivity contribution in [1.29, 1.82) is 0 Å². The summed E-state index contributed by atoms with van der Waals surface area (Å²) >= 11 is 5.97. The van der Waals surface area contributed by atoms with Crippen molar-refractivity contribution in [3.63, 3.8) is 0 Å². The third-order valence-corrected chi connectivity index (χ3v) is 3.24. The first-order valence-corrected chi connectivity index (χ1v) is 6.39. The van der Waals surface area contributed by atoms with Gasteiger partial charge >= 0.3 is 0 Å². The Labute approximate surface area is 116 Å². The molecule has 1 aliphatic heterocycles. The maximum Gasteiger partial charge on any atom is 0.243 e. The van der Waals surface area contributed by atoms with Gasteiger partial charge < -0.3 is 15.0 Å². The number of carbonyl (C=O) groups is 2. The number of anilines is 1. The van der Waals surface area contributed by atoms with Crippen molar-refractivity contribution < 1.29 is 14.3 Å². The summed E-state index contributed by atoms with van der Waals surface area (Å²) in [6, 6.07) is 5.00. The number of hydrogen-bond donors (Lipinski definition) is 1. The van der Waals surface area contributed by atoms with Crippen LogP contribution in [0.5, 0.6) is 5.75 Å². The molecule has 0 saturated carbocycles. The molecule has 6 heteroatoms. The second kappa shape index (κ2) is 5.93. The van der Waals surface area contributed by atoms with Crippen LogP contribution in [0.4, 0.5) is 5.69 Å². The molecule has 1 N–H and O–H groups in total. The highest BCUT2D eigenvalue weighted by atomic mass is 35.5. The van der Waals surface area contributed by atoms with Gasteiger partial charge in [0.05, 0.1) is 18.7 Å². The van der Waals surface area contributed by atoms with E-state index in [1.54, 1.807) is 23.1 Å². The van der Waals surface area contributed by atoms with Crippen molar-refractivity contribution in [2.45, 2.75) is 12.8 Å². The van der Waals surface area contributed by atoms with Gasteiger partial charge in [0, 0.05) is 18.7 Å². The van der Waals surface area contributed by atoms with Gasteiger partial charge in [0.2, 0.25) is 11.8 Å². The van der Waals surface area contributed by atoms with Crippen molar-refractivity contribution in [1.82, 2.24) is 4.90 Å². The van der Waals surface area contributed by atoms with Crippen LogP contribution in [0.25, 0.3) is 0 Å². The summed E-state index contributed by atoms with van der Waals surface area (Å²) in [4.78, 5) is 24.8. The van der Waals surface area contributed by atoms with Crippen LogP contribution in [-0.4, -0.2) is 36.9 Å². The van der Waals surface area contributed by atoms with Gasteiger partial charge in [-0.25, -0.2) is 0 Å². The zero-order valence-electron chi connectivity index (χ0n) is 10.6. The number of rotatable bonds is 4. The Morgan fingerprint density at radius 1 is 1.53 bits per heavy atom. The molecule has 0 radical (unpaired) electrons. The van der Waals surface area contributed by atoms with Gasteiger partial charge in [0.15, 0.2) is 0 Å². The number of carbonyl (C=O) groups excluding carboxylic acids is 2. The molecule has 1 aromatic rings. The van der Waals surface area contributed by atoms with E-state index in [-0.39, 0.29) is 18.4 Å². The lowest BCUT2D eigenvalue weighted by atomic mass is 10.3. The van der Waals surface area contributed by atoms with E-state index in [0.29, 0.717) is 29.4 Å². The van der Waals surface area contributed by atoms with E-state index >= 15 is 0 Å². The van der Waals surface area contributed by atoms with Crippen molar-refractivity contribution in [2.75, 3.05) is 25.5 Å². The van der Waals surface area contributed by atoms with E-state index in [1.165, 1.54) is 7.11 Å². The summed E-state index contributed by atoms with van der Waals surface area (Å²) in [5, 5.41) is 3.14. The zero-order valence-corrected chi connectivity index (χ0v) is 11.4. The number of ether oxygens (including phenoxy) is 1. The number of nitrogens with zero attached hydrogens (tertiary/aromatic N) is 1. The predicted molar refractivity (Wildman–Crippen MR) is 72.4 cm³/mol. The second-order valence-electron chi connectivity index (χ2n) is 4.32. The number of halogens is 1. The van der Waals surface area contributed by atoms with Crippen molar-refractivity contribution in [2.24, 2.45) is 0 Å². The van der Waals surface area contributed by atoms with Crippen LogP contribution < -0.4 is 10.1 Å². The maximum absolute atomic E-state index is 11.8. The molecule has 0 aromatic heterocycles. The fourth-order valence-corrected chi connectivity index (χ4v) is 2.25. The van der Waals surface area contributed by atoms with Gasteiger partial charge in [-0.15, -0.1) is 0 Å². The van der Waals surface area contributed by atoms with E-state index in [9.17, 15) is 9.59 Å². The molecule has 0 aliphatic carbocycles. The highest BCUT2D eigenvalue weighted by molar-refractivity contribution is 6.32. The largest absolute Gasteiger partial charge is 0.495 e. The summed E-state index contributed by atoms with van der Waals surface area (Å²) in [6.45, 7) is 0.734. The van der Waals surface area contributed by atoms with Crippen LogP contribution in [0.2, 0.25) is 5.02 Å². The molecule has 102 valence electrons. The lowest BCUT2D eigenvalue weighted by Crippen LogP contribution is -2.33. The van der Waals surface area contributed by atoms with Gasteiger partial charge in [0.1, 0.15) is 5.75 Å². The number of amides is 2. The van der Waals surface area contributed by atoms with Crippen LogP contribution in [0.3, 0.4) is 0 Å². The molecule has 0 unspecified atom stereocenters. The molecule has 0 atom stereocenters. The summed E-state index contributed by atoms with van der Waals surface area (Å²) in [7, 11) is 1.53. The van der Waals surface area contributed by atoms with E-state index in [0.717, 1.165) is 6.42 Å². The van der Waals surface area contributed by atoms with E-state index in [4.69, 9.17) is 16.3 Å². The average Bonchev–Trinajstić information content (AvgIpc) is 2.75. The Morgan fingerprint density at radius 2 is 2.32 bits per heavy atom. The van der Waals surface area contributed by atoms with Crippen LogP contribution in [0.15, 0.2) is 18.2 Å². The van der Waals surface area contributed by atoms with Crippen molar-refractivity contribution in [3.05, 3.63) is 23.2 Å². The Hall–Kier alpha value is -1.75. The van der Waals surface area contributed by atoms with Crippen LogP contribution >= 0.6 is 11.6 Å². The Bertz CT molecular complexity index is 505. The van der Waals surface area contributed by atoms with Gasteiger partial charge in [-0.3, -0.25) is 9.59 Å². The number of benzene rings is 1. The summed E-state index contributed by atoms with van der Waals surface area (Å²) in [5.41, 5.74) is 0.586. The highest BCUT2D eigenvalue weighted by Gasteiger charge is 2.22. The van der Waals surface area contributed by atoms with Crippen LogP contribution in [0, 0.1) is 0 Å². The molecule has 1 fully saturated rings. The van der Waals surface area contributed by atoms with Crippen molar-refractivity contribution in [3.8, 4) is 5.75 Å². The fraction of sp³-hybridized carbons (Fsp3) is 0.385. The van der Waals surface area contributed by atoms with Gasteiger partial charge in [-0.05, 0) is 24.6 Å². The molecule has 2 amide bonds. The minimum absolute atomic E-state index is 0.0305. The van der Waals surface area contributed by atoms with Crippen LogP contribution in [0.1, 0.15) is 12.8 Å². The molecular weight excluding hydrogens is 268 g/mol. The molecule has 1 aromatic carbocycles. The number of hydrogen-bond acceptors (Lipinski definition) is 3. The first kappa shape index (κ1) is 13.7. The Balaban J connectivity index is 1.95. The lowest BCUT2D eigenvalue weighted by molar-refractivity contribution is -0.131. The first-order chi connectivity index (χ1) is 9.10. The van der Waals surface area contributed by atoms with E-state index < -0.39 is 0 Å². The maximum atomic E-state index is 11.8. The normalized spacial score (nSPS) is 14.6. The Kier molecular flexibility index (Phi) is 4.27. The van der Waals surface area contributed by atoms with Gasteiger partial charge in [-0.2, -0.15) is 0 Å². The second-order valence-corrected chi connectivity index (χ2v) is 4.72. The average molecular weight is 283 g/mol. The molecule has 0 bridgehead atoms. The minimum Gasteiger partial charge on any atom is -0.495 e. The molecule has 1 saturated heterocycles. The SMILES string of the molecule is COc1ccc(NC(=O)CN2CCCC2=O)cc1Cl. The summed E-state index contributed by atoms with van der Waals surface area (Å²) in [5.74, 6) is 0.355.